The van der Waals surface area contributed by atoms with Gasteiger partial charge in [-0.1, -0.05) is 50.6 Å². The van der Waals surface area contributed by atoms with Gasteiger partial charge in [-0.2, -0.15) is 0 Å². The molecule has 7 heteroatoms. The predicted octanol–water partition coefficient (Wildman–Crippen LogP) is 7.40. The van der Waals surface area contributed by atoms with E-state index in [0.717, 1.165) is 68.4 Å². The molecule has 0 aromatic heterocycles. The topological polar surface area (TPSA) is 55.8 Å². The van der Waals surface area contributed by atoms with Gasteiger partial charge in [0.1, 0.15) is 6.61 Å². The van der Waals surface area contributed by atoms with Gasteiger partial charge in [0, 0.05) is 55.9 Å². The number of anilines is 1. The fourth-order valence-electron chi connectivity index (χ4n) is 5.55. The monoisotopic (exact) mass is 611 g/mol. The molecule has 36 heavy (non-hydrogen) atoms. The summed E-state index contributed by atoms with van der Waals surface area (Å²) in [5.74, 6) is 0.886. The average Bonchev–Trinajstić information content (AvgIpc) is 2.87. The number of halogens is 2. The molecule has 0 unspecified atom stereocenters. The number of Topliss-reactive ketones (excluding diaryl/α,β-unsaturated/α-hetero) is 2. The molecule has 0 amide bonds. The molecular formula is C29H27Br2NO4. The fraction of sp³-hybridized carbons (Fsp3) is 0.310. The zero-order valence-corrected chi connectivity index (χ0v) is 23.3. The van der Waals surface area contributed by atoms with Crippen LogP contribution in [0.15, 0.2) is 80.5 Å². The van der Waals surface area contributed by atoms with Gasteiger partial charge in [-0.25, -0.2) is 0 Å². The Bertz CT molecular complexity index is 1280. The summed E-state index contributed by atoms with van der Waals surface area (Å²) >= 11 is 7.33. The van der Waals surface area contributed by atoms with Crippen molar-refractivity contribution in [2.75, 3.05) is 18.6 Å². The van der Waals surface area contributed by atoms with Gasteiger partial charge < -0.3 is 14.4 Å². The lowest BCUT2D eigenvalue weighted by Gasteiger charge is -2.44. The molecule has 2 aromatic rings. The fourth-order valence-corrected chi connectivity index (χ4v) is 6.49. The van der Waals surface area contributed by atoms with Gasteiger partial charge in [0.15, 0.2) is 23.1 Å². The van der Waals surface area contributed by atoms with Crippen molar-refractivity contribution in [3.8, 4) is 11.5 Å². The third-order valence-electron chi connectivity index (χ3n) is 6.99. The van der Waals surface area contributed by atoms with Crippen molar-refractivity contribution >= 4 is 49.1 Å². The van der Waals surface area contributed by atoms with Crippen molar-refractivity contribution in [3.63, 3.8) is 0 Å². The molecule has 1 heterocycles. The van der Waals surface area contributed by atoms with E-state index in [1.165, 1.54) is 0 Å². The summed E-state index contributed by atoms with van der Waals surface area (Å²) in [5, 5.41) is 0. The molecule has 5 nitrogen and oxygen atoms in total. The van der Waals surface area contributed by atoms with Gasteiger partial charge in [-0.3, -0.25) is 9.59 Å². The molecule has 0 radical (unpaired) electrons. The van der Waals surface area contributed by atoms with Gasteiger partial charge in [-0.05, 0) is 61.6 Å². The van der Waals surface area contributed by atoms with Crippen LogP contribution < -0.4 is 14.4 Å². The van der Waals surface area contributed by atoms with E-state index in [1.54, 1.807) is 13.2 Å². The number of benzene rings is 2. The first-order valence-corrected chi connectivity index (χ1v) is 13.7. The molecule has 2 aromatic carbocycles. The van der Waals surface area contributed by atoms with Crippen molar-refractivity contribution in [3.05, 3.63) is 86.1 Å². The highest BCUT2D eigenvalue weighted by Crippen LogP contribution is 2.52. The Balaban J connectivity index is 1.76. The second kappa shape index (κ2) is 10.4. The van der Waals surface area contributed by atoms with Crippen LogP contribution in [0.5, 0.6) is 11.5 Å². The van der Waals surface area contributed by atoms with Gasteiger partial charge in [0.2, 0.25) is 0 Å². The van der Waals surface area contributed by atoms with Gasteiger partial charge in [0.05, 0.1) is 7.11 Å². The molecule has 0 atom stereocenters. The van der Waals surface area contributed by atoms with Crippen molar-refractivity contribution in [2.24, 2.45) is 0 Å². The van der Waals surface area contributed by atoms with E-state index in [-0.39, 0.29) is 11.6 Å². The van der Waals surface area contributed by atoms with E-state index >= 15 is 0 Å². The molecule has 0 N–H and O–H groups in total. The first-order chi connectivity index (χ1) is 17.4. The summed E-state index contributed by atoms with van der Waals surface area (Å²) in [6, 6.07) is 11.8. The Morgan fingerprint density at radius 1 is 0.972 bits per heavy atom. The molecule has 0 saturated heterocycles. The maximum atomic E-state index is 13.6. The largest absolute Gasteiger partial charge is 0.493 e. The van der Waals surface area contributed by atoms with Crippen molar-refractivity contribution < 1.29 is 19.1 Å². The van der Waals surface area contributed by atoms with Crippen LogP contribution in [-0.2, 0) is 9.59 Å². The molecule has 1 aliphatic heterocycles. The zero-order chi connectivity index (χ0) is 25.4. The van der Waals surface area contributed by atoms with Crippen LogP contribution in [0, 0.1) is 0 Å². The van der Waals surface area contributed by atoms with Gasteiger partial charge in [-0.15, -0.1) is 0 Å². The minimum atomic E-state index is -0.448. The van der Waals surface area contributed by atoms with Crippen LogP contribution in [0.25, 0.3) is 0 Å². The molecular weight excluding hydrogens is 586 g/mol. The Kier molecular flexibility index (Phi) is 7.22. The average molecular weight is 613 g/mol. The summed E-state index contributed by atoms with van der Waals surface area (Å²) < 4.78 is 13.2. The molecule has 5 rings (SSSR count). The van der Waals surface area contributed by atoms with Crippen LogP contribution >= 0.6 is 31.9 Å². The Hall–Kier alpha value is -2.64. The number of allylic oxidation sites excluding steroid dienone is 4. The molecule has 0 spiro atoms. The highest BCUT2D eigenvalue weighted by Gasteiger charge is 2.44. The normalized spacial score (nSPS) is 18.2. The predicted molar refractivity (Wildman–Crippen MR) is 148 cm³/mol. The lowest BCUT2D eigenvalue weighted by Crippen LogP contribution is -2.39. The van der Waals surface area contributed by atoms with Crippen LogP contribution in [-0.4, -0.2) is 25.3 Å². The van der Waals surface area contributed by atoms with E-state index < -0.39 is 5.92 Å². The van der Waals surface area contributed by atoms with E-state index in [0.29, 0.717) is 30.9 Å². The minimum Gasteiger partial charge on any atom is -0.493 e. The minimum absolute atomic E-state index is 0.101. The lowest BCUT2D eigenvalue weighted by atomic mass is 9.70. The zero-order valence-electron chi connectivity index (χ0n) is 20.1. The van der Waals surface area contributed by atoms with Gasteiger partial charge >= 0.3 is 0 Å². The Labute approximate surface area is 228 Å². The second-order valence-electron chi connectivity index (χ2n) is 9.15. The first kappa shape index (κ1) is 25.0. The highest BCUT2D eigenvalue weighted by molar-refractivity contribution is 9.10. The van der Waals surface area contributed by atoms with E-state index in [2.05, 4.69) is 49.4 Å². The number of methoxy groups -OCH3 is 1. The van der Waals surface area contributed by atoms with Crippen LogP contribution in [0.4, 0.5) is 5.69 Å². The standard InChI is InChI=1S/C29H27Br2NO4/c1-3-13-36-26-16-20(31)19(15-25(26)35-2)27-28-21(9-5-11-23(28)33)32(18-8-4-7-17(30)14-18)22-10-6-12-24(34)29(22)27/h3-4,7-8,14-16,27H,1,5-6,9-13H2,2H3. The molecule has 3 aliphatic rings. The number of carbonyl (C=O) groups is 2. The smallest absolute Gasteiger partial charge is 0.162 e. The molecule has 0 saturated carbocycles. The number of hydrogen-bond donors (Lipinski definition) is 0. The quantitative estimate of drug-likeness (QED) is 0.318. The van der Waals surface area contributed by atoms with Crippen LogP contribution in [0.1, 0.15) is 50.0 Å². The summed E-state index contributed by atoms with van der Waals surface area (Å²) in [4.78, 5) is 29.4. The number of nitrogens with zero attached hydrogens (tertiary/aromatic N) is 1. The number of ketones is 2. The van der Waals surface area contributed by atoms with Crippen LogP contribution in [0.2, 0.25) is 0 Å². The maximum absolute atomic E-state index is 13.6. The molecule has 186 valence electrons. The van der Waals surface area contributed by atoms with Crippen molar-refractivity contribution in [1.82, 2.24) is 0 Å². The third-order valence-corrected chi connectivity index (χ3v) is 8.17. The van der Waals surface area contributed by atoms with E-state index in [9.17, 15) is 9.59 Å². The summed E-state index contributed by atoms with van der Waals surface area (Å²) in [6.07, 6.45) is 5.79. The number of ether oxygens (including phenoxy) is 2. The van der Waals surface area contributed by atoms with Gasteiger partial charge in [0.25, 0.3) is 0 Å². The van der Waals surface area contributed by atoms with E-state index in [1.807, 2.05) is 30.3 Å². The Morgan fingerprint density at radius 3 is 2.22 bits per heavy atom. The molecule has 0 bridgehead atoms. The highest BCUT2D eigenvalue weighted by atomic mass is 79.9. The number of rotatable bonds is 6. The summed E-state index contributed by atoms with van der Waals surface area (Å²) in [6.45, 7) is 4.06. The summed E-state index contributed by atoms with van der Waals surface area (Å²) in [5.41, 5.74) is 5.26. The van der Waals surface area contributed by atoms with E-state index in [4.69, 9.17) is 9.47 Å². The molecule has 0 fully saturated rings. The second-order valence-corrected chi connectivity index (χ2v) is 10.9. The van der Waals surface area contributed by atoms with Crippen molar-refractivity contribution in [2.45, 2.75) is 44.4 Å². The Morgan fingerprint density at radius 2 is 1.64 bits per heavy atom. The number of carbonyl (C=O) groups excluding carboxylic acids is 2. The summed E-state index contributed by atoms with van der Waals surface area (Å²) in [7, 11) is 1.59. The van der Waals surface area contributed by atoms with Crippen molar-refractivity contribution in [1.29, 1.82) is 0 Å². The number of hydrogen-bond acceptors (Lipinski definition) is 5. The third kappa shape index (κ3) is 4.37. The first-order valence-electron chi connectivity index (χ1n) is 12.1. The molecule has 2 aliphatic carbocycles. The van der Waals surface area contributed by atoms with Crippen LogP contribution in [0.3, 0.4) is 0 Å². The lowest BCUT2D eigenvalue weighted by molar-refractivity contribution is -0.116. The SMILES string of the molecule is C=CCOc1cc(Br)c(C2C3=C(CCCC3=O)N(c3cccc(Br)c3)C3=C2C(=O)CCC3)cc1OC. The maximum Gasteiger partial charge on any atom is 0.162 e.